The van der Waals surface area contributed by atoms with Crippen LogP contribution < -0.4 is 4.90 Å². The van der Waals surface area contributed by atoms with E-state index in [9.17, 15) is 9.18 Å². The molecule has 0 aromatic carbocycles. The molecule has 2 bridgehead atoms. The third-order valence-corrected chi connectivity index (χ3v) is 7.15. The lowest BCUT2D eigenvalue weighted by Gasteiger charge is -2.42. The molecule has 5 aliphatic rings. The minimum absolute atomic E-state index is 0.0169. The fraction of sp³-hybridized carbons (Fsp3) is 0.400. The summed E-state index contributed by atoms with van der Waals surface area (Å²) in [6.07, 6.45) is 11.2. The Balaban J connectivity index is 1.16. The molecular weight excluding hydrogens is 421 g/mol. The van der Waals surface area contributed by atoms with Crippen LogP contribution in [0.3, 0.4) is 0 Å². The van der Waals surface area contributed by atoms with Gasteiger partial charge in [-0.05, 0) is 31.4 Å². The number of fused-ring (bicyclic) bond motifs is 3. The molecule has 8 heteroatoms. The third-order valence-electron chi connectivity index (χ3n) is 7.15. The van der Waals surface area contributed by atoms with Crippen LogP contribution in [0.4, 0.5) is 10.3 Å². The molecule has 0 N–H and O–H groups in total. The summed E-state index contributed by atoms with van der Waals surface area (Å²) in [5.74, 6) is 1.16. The Hall–Kier alpha value is -3.26. The largest absolute Gasteiger partial charge is 0.464 e. The Morgan fingerprint density at radius 2 is 1.88 bits per heavy atom. The normalized spacial score (nSPS) is 25.2. The van der Waals surface area contributed by atoms with Crippen molar-refractivity contribution in [2.45, 2.75) is 37.4 Å². The monoisotopic (exact) mass is 447 g/mol. The second-order valence-electron chi connectivity index (χ2n) is 9.14. The van der Waals surface area contributed by atoms with Gasteiger partial charge in [0.1, 0.15) is 5.76 Å². The summed E-state index contributed by atoms with van der Waals surface area (Å²) in [5, 5.41) is 0. The van der Waals surface area contributed by atoms with E-state index in [0.29, 0.717) is 19.0 Å². The van der Waals surface area contributed by atoms with Gasteiger partial charge >= 0.3 is 0 Å². The zero-order valence-corrected chi connectivity index (χ0v) is 18.3. The second-order valence-corrected chi connectivity index (χ2v) is 9.14. The molecule has 1 aromatic heterocycles. The molecule has 0 saturated carbocycles. The number of halogens is 1. The van der Waals surface area contributed by atoms with Crippen molar-refractivity contribution in [2.75, 3.05) is 31.1 Å². The number of carbonyl (C=O) groups excluding carboxylic acids is 1. The van der Waals surface area contributed by atoms with Crippen LogP contribution >= 0.6 is 0 Å². The minimum atomic E-state index is -0.425. The van der Waals surface area contributed by atoms with E-state index in [4.69, 9.17) is 4.42 Å². The zero-order valence-electron chi connectivity index (χ0n) is 18.3. The number of carbonyl (C=O) groups is 1. The Bertz CT molecular complexity index is 1130. The van der Waals surface area contributed by atoms with Crippen molar-refractivity contribution in [1.82, 2.24) is 19.8 Å². The van der Waals surface area contributed by atoms with Gasteiger partial charge in [0.05, 0.1) is 31.2 Å². The number of piperazine rings is 1. The highest BCUT2D eigenvalue weighted by atomic mass is 19.1. The Kier molecular flexibility index (Phi) is 5.10. The molecule has 7 nitrogen and oxygen atoms in total. The highest BCUT2D eigenvalue weighted by Crippen LogP contribution is 2.38. The number of anilines is 1. The van der Waals surface area contributed by atoms with Gasteiger partial charge in [0.15, 0.2) is 5.82 Å². The van der Waals surface area contributed by atoms with Crippen molar-refractivity contribution in [1.29, 1.82) is 0 Å². The van der Waals surface area contributed by atoms with Crippen molar-refractivity contribution in [3.8, 4) is 11.3 Å². The molecule has 1 amide bonds. The highest BCUT2D eigenvalue weighted by molar-refractivity contribution is 5.80. The molecule has 4 aliphatic heterocycles. The van der Waals surface area contributed by atoms with Gasteiger partial charge in [-0.2, -0.15) is 0 Å². The Labute approximate surface area is 191 Å². The van der Waals surface area contributed by atoms with Crippen LogP contribution in [0.5, 0.6) is 0 Å². The average molecular weight is 448 g/mol. The maximum atomic E-state index is 13.5. The van der Waals surface area contributed by atoms with Gasteiger partial charge in [0, 0.05) is 42.8 Å². The van der Waals surface area contributed by atoms with Crippen LogP contribution in [-0.4, -0.2) is 63.9 Å². The topological polar surface area (TPSA) is 65.7 Å². The first-order valence-corrected chi connectivity index (χ1v) is 11.6. The van der Waals surface area contributed by atoms with E-state index in [1.807, 2.05) is 17.0 Å². The van der Waals surface area contributed by atoms with E-state index >= 15 is 0 Å². The fourth-order valence-corrected chi connectivity index (χ4v) is 5.68. The van der Waals surface area contributed by atoms with Gasteiger partial charge < -0.3 is 14.2 Å². The summed E-state index contributed by atoms with van der Waals surface area (Å²) in [6, 6.07) is 8.54. The molecule has 170 valence electrons. The van der Waals surface area contributed by atoms with Crippen LogP contribution in [0.1, 0.15) is 30.9 Å². The molecule has 2 saturated heterocycles. The Morgan fingerprint density at radius 3 is 2.67 bits per heavy atom. The molecule has 6 rings (SSSR count). The Morgan fingerprint density at radius 1 is 1.09 bits per heavy atom. The molecule has 1 aromatic rings. The number of amides is 1. The molecule has 2 fully saturated rings. The van der Waals surface area contributed by atoms with Crippen molar-refractivity contribution in [3.05, 3.63) is 66.5 Å². The average Bonchev–Trinajstić information content (AvgIpc) is 3.38. The molecule has 3 atom stereocenters. The van der Waals surface area contributed by atoms with Crippen LogP contribution in [0.2, 0.25) is 0 Å². The van der Waals surface area contributed by atoms with Crippen molar-refractivity contribution in [3.63, 3.8) is 0 Å². The first-order chi connectivity index (χ1) is 16.2. The summed E-state index contributed by atoms with van der Waals surface area (Å²) in [6.45, 7) is 2.57. The van der Waals surface area contributed by atoms with E-state index in [1.54, 1.807) is 6.26 Å². The number of rotatable bonds is 4. The van der Waals surface area contributed by atoms with E-state index in [1.165, 1.54) is 12.4 Å². The molecule has 1 aliphatic carbocycles. The summed E-state index contributed by atoms with van der Waals surface area (Å²) in [5.41, 5.74) is 2.13. The second kappa shape index (κ2) is 8.26. The quantitative estimate of drug-likeness (QED) is 0.571. The summed E-state index contributed by atoms with van der Waals surface area (Å²) in [7, 11) is 0. The number of nitrogens with zero attached hydrogens (tertiary/aromatic N) is 5. The molecular formula is C25H26FN5O2. The molecule has 33 heavy (non-hydrogen) atoms. The van der Waals surface area contributed by atoms with Crippen molar-refractivity contribution in [2.24, 2.45) is 0 Å². The van der Waals surface area contributed by atoms with E-state index in [2.05, 4.69) is 44.1 Å². The van der Waals surface area contributed by atoms with Crippen LogP contribution in [-0.2, 0) is 4.79 Å². The summed E-state index contributed by atoms with van der Waals surface area (Å²) >= 11 is 0. The minimum Gasteiger partial charge on any atom is -0.464 e. The zero-order chi connectivity index (χ0) is 22.4. The van der Waals surface area contributed by atoms with Crippen molar-refractivity contribution >= 4 is 11.9 Å². The fourth-order valence-electron chi connectivity index (χ4n) is 5.68. The van der Waals surface area contributed by atoms with E-state index in [-0.39, 0.29) is 24.0 Å². The maximum Gasteiger partial charge on any atom is 0.237 e. The van der Waals surface area contributed by atoms with E-state index in [0.717, 1.165) is 49.2 Å². The smallest absolute Gasteiger partial charge is 0.237 e. The summed E-state index contributed by atoms with van der Waals surface area (Å²) in [4.78, 5) is 28.3. The maximum absolute atomic E-state index is 13.5. The molecule has 0 radical (unpaired) electrons. The number of likely N-dealkylation sites (tertiary alicyclic amines) is 1. The SMILES string of the molecule is O=C(CN1CC2CCC(C1)N2c1ncc(F)cn1)N1CC=CCC1c1ccc2cccoc1-2. The molecule has 0 spiro atoms. The lowest BCUT2D eigenvalue weighted by Crippen LogP contribution is -2.56. The van der Waals surface area contributed by atoms with Gasteiger partial charge in [-0.15, -0.1) is 0 Å². The number of hydrogen-bond donors (Lipinski definition) is 0. The van der Waals surface area contributed by atoms with Gasteiger partial charge in [-0.3, -0.25) is 9.69 Å². The lowest BCUT2D eigenvalue weighted by atomic mass is 9.99. The van der Waals surface area contributed by atoms with Crippen LogP contribution in [0.15, 0.2) is 59.5 Å². The molecule has 3 unspecified atom stereocenters. The van der Waals surface area contributed by atoms with E-state index < -0.39 is 5.82 Å². The molecule has 5 heterocycles. The number of hydrogen-bond acceptors (Lipinski definition) is 6. The standard InChI is InChI=1S/C25H26FN5O2/c26-18-12-27-25(28-13-18)31-19-7-8-20(31)15-29(14-19)16-23(32)30-10-2-1-5-22(30)21-9-6-17-4-3-11-33-24(17)21/h1-4,6,9,11-13,19-20,22H,5,7-8,10,14-16H2. The first kappa shape index (κ1) is 20.4. The van der Waals surface area contributed by atoms with Gasteiger partial charge in [-0.25, -0.2) is 14.4 Å². The van der Waals surface area contributed by atoms with Crippen molar-refractivity contribution < 1.29 is 13.6 Å². The number of aromatic nitrogens is 2. The van der Waals surface area contributed by atoms with Crippen LogP contribution in [0, 0.1) is 5.82 Å². The van der Waals surface area contributed by atoms with Gasteiger partial charge in [0.2, 0.25) is 11.9 Å². The van der Waals surface area contributed by atoms with Gasteiger partial charge in [-0.1, -0.05) is 24.3 Å². The highest BCUT2D eigenvalue weighted by Gasteiger charge is 2.42. The summed E-state index contributed by atoms with van der Waals surface area (Å²) < 4.78 is 19.1. The first-order valence-electron chi connectivity index (χ1n) is 11.6. The van der Waals surface area contributed by atoms with Crippen LogP contribution in [0.25, 0.3) is 11.3 Å². The predicted molar refractivity (Wildman–Crippen MR) is 121 cm³/mol. The van der Waals surface area contributed by atoms with Gasteiger partial charge in [0.25, 0.3) is 0 Å². The lowest BCUT2D eigenvalue weighted by molar-refractivity contribution is -0.134. The predicted octanol–water partition coefficient (Wildman–Crippen LogP) is 3.50. The third kappa shape index (κ3) is 3.68.